The van der Waals surface area contributed by atoms with Gasteiger partial charge in [-0.15, -0.1) is 0 Å². The average molecular weight is 279 g/mol. The normalized spacial score (nSPS) is 16.9. The molecule has 0 spiro atoms. The first-order valence-electron chi connectivity index (χ1n) is 6.23. The number of hydrogen-bond acceptors (Lipinski definition) is 2. The van der Waals surface area contributed by atoms with Crippen LogP contribution < -0.4 is 10.5 Å². The fraction of sp³-hybridized carbons (Fsp3) is 0.200. The van der Waals surface area contributed by atoms with Crippen LogP contribution in [0.1, 0.15) is 5.56 Å². The highest BCUT2D eigenvalue weighted by Gasteiger charge is 2.28. The lowest BCUT2D eigenvalue weighted by Gasteiger charge is -2.12. The fourth-order valence-corrected chi connectivity index (χ4v) is 2.47. The van der Waals surface area contributed by atoms with E-state index in [1.54, 1.807) is 0 Å². The van der Waals surface area contributed by atoms with Gasteiger partial charge in [-0.2, -0.15) is 0 Å². The molecule has 0 bridgehead atoms. The first kappa shape index (κ1) is 13.0. The van der Waals surface area contributed by atoms with E-state index in [9.17, 15) is 13.2 Å². The third-order valence-electron chi connectivity index (χ3n) is 3.36. The lowest BCUT2D eigenvalue weighted by Crippen LogP contribution is -2.24. The van der Waals surface area contributed by atoms with Gasteiger partial charge in [-0.25, -0.2) is 13.2 Å². The molecule has 1 heterocycles. The third-order valence-corrected chi connectivity index (χ3v) is 3.36. The highest BCUT2D eigenvalue weighted by molar-refractivity contribution is 5.74. The van der Waals surface area contributed by atoms with E-state index in [-0.39, 0.29) is 23.8 Å². The Morgan fingerprint density at radius 2 is 1.85 bits per heavy atom. The number of nitrogens with two attached hydrogens (primary N) is 1. The van der Waals surface area contributed by atoms with Gasteiger partial charge in [0.05, 0.1) is 5.56 Å². The Morgan fingerprint density at radius 3 is 2.50 bits per heavy atom. The molecule has 2 aromatic rings. The Bertz CT molecular complexity index is 652. The summed E-state index contributed by atoms with van der Waals surface area (Å²) in [4.78, 5) is 0. The zero-order chi connectivity index (χ0) is 14.3. The van der Waals surface area contributed by atoms with E-state index in [2.05, 4.69) is 0 Å². The molecule has 0 aromatic heterocycles. The minimum absolute atomic E-state index is 0.0894. The minimum atomic E-state index is -0.752. The fourth-order valence-electron chi connectivity index (χ4n) is 2.47. The van der Waals surface area contributed by atoms with Gasteiger partial charge in [-0.3, -0.25) is 0 Å². The van der Waals surface area contributed by atoms with Crippen molar-refractivity contribution in [2.45, 2.75) is 12.5 Å². The predicted octanol–water partition coefficient (Wildman–Crippen LogP) is 3.03. The van der Waals surface area contributed by atoms with E-state index in [1.165, 1.54) is 12.1 Å². The van der Waals surface area contributed by atoms with Crippen LogP contribution in [0.25, 0.3) is 11.1 Å². The van der Waals surface area contributed by atoms with Crippen molar-refractivity contribution in [1.82, 2.24) is 0 Å². The molecular weight excluding hydrogens is 267 g/mol. The second-order valence-electron chi connectivity index (χ2n) is 4.72. The summed E-state index contributed by atoms with van der Waals surface area (Å²) < 4.78 is 47.0. The van der Waals surface area contributed by atoms with Crippen molar-refractivity contribution in [3.05, 3.63) is 53.3 Å². The molecular formula is C15H12F3NO. The summed E-state index contributed by atoms with van der Waals surface area (Å²) in [6.07, 6.45) is 0.146. The maximum absolute atomic E-state index is 13.9. The number of halogens is 3. The van der Waals surface area contributed by atoms with Crippen LogP contribution in [0.2, 0.25) is 0 Å². The Hall–Kier alpha value is -2.01. The molecule has 1 aliphatic heterocycles. The smallest absolute Gasteiger partial charge is 0.134 e. The van der Waals surface area contributed by atoms with Gasteiger partial charge in [0.15, 0.2) is 0 Å². The van der Waals surface area contributed by atoms with Gasteiger partial charge in [0.25, 0.3) is 0 Å². The minimum Gasteiger partial charge on any atom is -0.488 e. The quantitative estimate of drug-likeness (QED) is 0.917. The van der Waals surface area contributed by atoms with Gasteiger partial charge < -0.3 is 10.5 Å². The van der Waals surface area contributed by atoms with Crippen LogP contribution in [0.4, 0.5) is 13.2 Å². The highest BCUT2D eigenvalue weighted by atomic mass is 19.1. The summed E-state index contributed by atoms with van der Waals surface area (Å²) in [5.74, 6) is -1.75. The van der Waals surface area contributed by atoms with Crippen LogP contribution in [0, 0.1) is 17.5 Å². The number of benzene rings is 2. The van der Waals surface area contributed by atoms with Crippen molar-refractivity contribution in [2.24, 2.45) is 5.73 Å². The molecule has 2 N–H and O–H groups in total. The van der Waals surface area contributed by atoms with E-state index in [0.29, 0.717) is 17.7 Å². The number of fused-ring (bicyclic) bond motifs is 1. The van der Waals surface area contributed by atoms with Crippen molar-refractivity contribution >= 4 is 0 Å². The second kappa shape index (κ2) is 4.83. The van der Waals surface area contributed by atoms with Gasteiger partial charge in [0.1, 0.15) is 29.3 Å². The summed E-state index contributed by atoms with van der Waals surface area (Å²) in [6, 6.07) is 5.92. The van der Waals surface area contributed by atoms with E-state index in [0.717, 1.165) is 18.2 Å². The van der Waals surface area contributed by atoms with Crippen molar-refractivity contribution in [2.75, 3.05) is 6.54 Å². The molecule has 0 saturated carbocycles. The number of rotatable bonds is 2. The second-order valence-corrected chi connectivity index (χ2v) is 4.72. The molecule has 1 aliphatic rings. The lowest BCUT2D eigenvalue weighted by molar-refractivity contribution is 0.242. The summed E-state index contributed by atoms with van der Waals surface area (Å²) in [7, 11) is 0. The van der Waals surface area contributed by atoms with Crippen LogP contribution >= 0.6 is 0 Å². The van der Waals surface area contributed by atoms with Crippen LogP contribution in [-0.4, -0.2) is 12.6 Å². The summed E-state index contributed by atoms with van der Waals surface area (Å²) >= 11 is 0. The average Bonchev–Trinajstić information content (AvgIpc) is 2.81. The molecule has 1 unspecified atom stereocenters. The van der Waals surface area contributed by atoms with Gasteiger partial charge in [-0.05, 0) is 24.3 Å². The Labute approximate surface area is 114 Å². The molecule has 0 amide bonds. The van der Waals surface area contributed by atoms with Gasteiger partial charge in [-0.1, -0.05) is 6.07 Å². The van der Waals surface area contributed by atoms with E-state index in [4.69, 9.17) is 10.5 Å². The van der Waals surface area contributed by atoms with Gasteiger partial charge >= 0.3 is 0 Å². The van der Waals surface area contributed by atoms with Crippen molar-refractivity contribution in [3.8, 4) is 16.9 Å². The predicted molar refractivity (Wildman–Crippen MR) is 68.9 cm³/mol. The molecule has 0 radical (unpaired) electrons. The Balaban J connectivity index is 2.21. The topological polar surface area (TPSA) is 35.2 Å². The van der Waals surface area contributed by atoms with Crippen LogP contribution in [0.5, 0.6) is 5.75 Å². The monoisotopic (exact) mass is 279 g/mol. The molecule has 2 nitrogen and oxygen atoms in total. The first-order valence-corrected chi connectivity index (χ1v) is 6.23. The summed E-state index contributed by atoms with van der Waals surface area (Å²) in [6.45, 7) is 0.259. The Morgan fingerprint density at radius 1 is 1.15 bits per heavy atom. The molecule has 0 fully saturated rings. The number of hydrogen-bond donors (Lipinski definition) is 1. The van der Waals surface area contributed by atoms with Gasteiger partial charge in [0.2, 0.25) is 0 Å². The molecule has 0 aliphatic carbocycles. The SMILES string of the molecule is NCC1Cc2cc(F)cc(-c3c(F)cccc3F)c2O1. The van der Waals surface area contributed by atoms with Crippen LogP contribution in [0.3, 0.4) is 0 Å². The zero-order valence-electron chi connectivity index (χ0n) is 10.5. The molecule has 5 heteroatoms. The number of ether oxygens (including phenoxy) is 1. The first-order chi connectivity index (χ1) is 9.60. The molecule has 0 saturated heterocycles. The summed E-state index contributed by atoms with van der Waals surface area (Å²) in [5, 5.41) is 0. The van der Waals surface area contributed by atoms with E-state index < -0.39 is 17.5 Å². The van der Waals surface area contributed by atoms with Crippen LogP contribution in [0.15, 0.2) is 30.3 Å². The van der Waals surface area contributed by atoms with Crippen molar-refractivity contribution < 1.29 is 17.9 Å². The van der Waals surface area contributed by atoms with Crippen LogP contribution in [-0.2, 0) is 6.42 Å². The highest BCUT2D eigenvalue weighted by Crippen LogP contribution is 2.41. The lowest BCUT2D eigenvalue weighted by atomic mass is 9.99. The Kier molecular flexibility index (Phi) is 3.14. The molecule has 20 heavy (non-hydrogen) atoms. The third kappa shape index (κ3) is 2.04. The van der Waals surface area contributed by atoms with E-state index in [1.807, 2.05) is 0 Å². The maximum atomic E-state index is 13.9. The standard InChI is InChI=1S/C15H12F3NO/c16-9-4-8-5-10(7-19)20-15(8)11(6-9)14-12(17)2-1-3-13(14)18/h1-4,6,10H,5,7,19H2. The molecule has 2 aromatic carbocycles. The molecule has 3 rings (SSSR count). The molecule has 1 atom stereocenters. The maximum Gasteiger partial charge on any atom is 0.134 e. The van der Waals surface area contributed by atoms with Crippen molar-refractivity contribution in [3.63, 3.8) is 0 Å². The van der Waals surface area contributed by atoms with E-state index >= 15 is 0 Å². The van der Waals surface area contributed by atoms with Crippen molar-refractivity contribution in [1.29, 1.82) is 0 Å². The van der Waals surface area contributed by atoms with Gasteiger partial charge in [0, 0.05) is 24.1 Å². The summed E-state index contributed by atoms with van der Waals surface area (Å²) in [5.41, 5.74) is 5.93. The largest absolute Gasteiger partial charge is 0.488 e. The zero-order valence-corrected chi connectivity index (χ0v) is 10.5. The molecule has 104 valence electrons.